The van der Waals surface area contributed by atoms with Crippen molar-refractivity contribution in [2.75, 3.05) is 12.9 Å². The van der Waals surface area contributed by atoms with Crippen molar-refractivity contribution < 1.29 is 42.9 Å². The molecule has 5 atom stereocenters. The fourth-order valence-electron chi connectivity index (χ4n) is 4.60. The Bertz CT molecular complexity index is 1290. The average molecular weight is 565 g/mol. The number of nitrogens with zero attached hydrogens (tertiary/aromatic N) is 2. The fourth-order valence-corrected chi connectivity index (χ4v) is 6.26. The van der Waals surface area contributed by atoms with Crippen molar-refractivity contribution in [3.8, 4) is 0 Å². The molecule has 0 unspecified atom stereocenters. The summed E-state index contributed by atoms with van der Waals surface area (Å²) in [6.07, 6.45) is -3.81. The molecule has 2 aromatic rings. The zero-order valence-corrected chi connectivity index (χ0v) is 23.1. The van der Waals surface area contributed by atoms with Crippen LogP contribution in [0.1, 0.15) is 39.5 Å². The molecule has 0 N–H and O–H groups in total. The Morgan fingerprint density at radius 3 is 2.24 bits per heavy atom. The van der Waals surface area contributed by atoms with Gasteiger partial charge in [0.2, 0.25) is 0 Å². The van der Waals surface area contributed by atoms with Crippen molar-refractivity contribution in [1.82, 2.24) is 4.57 Å². The van der Waals surface area contributed by atoms with E-state index < -0.39 is 54.5 Å². The molecule has 2 aliphatic heterocycles. The third-order valence-corrected chi connectivity index (χ3v) is 8.08. The Morgan fingerprint density at radius 2 is 1.61 bits per heavy atom. The lowest BCUT2D eigenvalue weighted by Gasteiger charge is -2.45. The summed E-state index contributed by atoms with van der Waals surface area (Å²) in [6.45, 7) is 5.01. The number of aliphatic imine (C=N–C) groups is 1. The van der Waals surface area contributed by atoms with Gasteiger partial charge in [-0.15, -0.1) is 11.8 Å². The van der Waals surface area contributed by atoms with Gasteiger partial charge in [-0.1, -0.05) is 18.2 Å². The minimum Gasteiger partial charge on any atom is -0.463 e. The fraction of sp³-hybridized carbons (Fsp3) is 0.480. The number of para-hydroxylation sites is 1. The maximum absolute atomic E-state index is 12.3. The van der Waals surface area contributed by atoms with Crippen LogP contribution in [-0.2, 0) is 49.4 Å². The van der Waals surface area contributed by atoms with E-state index in [1.165, 1.54) is 51.2 Å². The van der Waals surface area contributed by atoms with E-state index in [4.69, 9.17) is 23.7 Å². The van der Waals surface area contributed by atoms with Gasteiger partial charge >= 0.3 is 23.9 Å². The number of benzene rings is 1. The van der Waals surface area contributed by atoms with Crippen LogP contribution >= 0.6 is 23.5 Å². The number of esters is 4. The molecule has 204 valence electrons. The number of hydrogen-bond acceptors (Lipinski definition) is 12. The van der Waals surface area contributed by atoms with Crippen LogP contribution in [0.2, 0.25) is 0 Å². The number of thioether (sulfide) groups is 2. The first kappa shape index (κ1) is 28.0. The number of fused-ring (bicyclic) bond motifs is 3. The van der Waals surface area contributed by atoms with Crippen LogP contribution in [0.3, 0.4) is 0 Å². The third-order valence-electron chi connectivity index (χ3n) is 5.91. The molecule has 0 aliphatic carbocycles. The van der Waals surface area contributed by atoms with Crippen molar-refractivity contribution in [1.29, 1.82) is 0 Å². The Balaban J connectivity index is 1.91. The van der Waals surface area contributed by atoms with Gasteiger partial charge in [0, 0.05) is 38.6 Å². The summed E-state index contributed by atoms with van der Waals surface area (Å²) in [5.41, 5.74) is 1.75. The van der Waals surface area contributed by atoms with Crippen LogP contribution < -0.4 is 0 Å². The Kier molecular flexibility index (Phi) is 8.68. The number of carbonyl (C=O) groups excluding carboxylic acids is 4. The monoisotopic (exact) mass is 564 g/mol. The molecule has 0 radical (unpaired) electrons. The molecule has 4 rings (SSSR count). The molecule has 0 saturated carbocycles. The molecule has 13 heteroatoms. The van der Waals surface area contributed by atoms with E-state index in [2.05, 4.69) is 4.99 Å². The molecule has 1 saturated heterocycles. The summed E-state index contributed by atoms with van der Waals surface area (Å²) < 4.78 is 31.2. The van der Waals surface area contributed by atoms with Crippen molar-refractivity contribution in [3.63, 3.8) is 0 Å². The van der Waals surface area contributed by atoms with Crippen LogP contribution in [0.15, 0.2) is 34.3 Å². The molecule has 0 bridgehead atoms. The van der Waals surface area contributed by atoms with Crippen LogP contribution in [0.4, 0.5) is 0 Å². The topological polar surface area (TPSA) is 132 Å². The minimum atomic E-state index is -1.25. The van der Waals surface area contributed by atoms with E-state index >= 15 is 0 Å². The van der Waals surface area contributed by atoms with E-state index in [0.717, 1.165) is 25.9 Å². The van der Waals surface area contributed by atoms with Crippen molar-refractivity contribution in [2.24, 2.45) is 4.99 Å². The first-order valence-electron chi connectivity index (χ1n) is 11.8. The molecule has 0 spiro atoms. The number of aromatic nitrogens is 1. The van der Waals surface area contributed by atoms with E-state index in [0.29, 0.717) is 6.54 Å². The van der Waals surface area contributed by atoms with Gasteiger partial charge in [0.1, 0.15) is 17.1 Å². The van der Waals surface area contributed by atoms with Crippen LogP contribution in [0, 0.1) is 0 Å². The molecule has 11 nitrogen and oxygen atoms in total. The average Bonchev–Trinajstić information content (AvgIpc) is 3.18. The van der Waals surface area contributed by atoms with Gasteiger partial charge in [0.05, 0.1) is 17.1 Å². The van der Waals surface area contributed by atoms with Crippen molar-refractivity contribution in [3.05, 3.63) is 29.8 Å². The molecule has 38 heavy (non-hydrogen) atoms. The Hall–Kier alpha value is -3.03. The van der Waals surface area contributed by atoms with Crippen molar-refractivity contribution in [2.45, 2.75) is 69.9 Å². The van der Waals surface area contributed by atoms with Gasteiger partial charge in [0.25, 0.3) is 0 Å². The predicted octanol–water partition coefficient (Wildman–Crippen LogP) is 3.22. The van der Waals surface area contributed by atoms with Crippen LogP contribution in [-0.4, -0.2) is 70.1 Å². The summed E-state index contributed by atoms with van der Waals surface area (Å²) in [5.74, 6) is -2.58. The maximum Gasteiger partial charge on any atom is 0.303 e. The zero-order valence-electron chi connectivity index (χ0n) is 21.5. The Morgan fingerprint density at radius 1 is 0.974 bits per heavy atom. The molecular weight excluding hydrogens is 536 g/mol. The molecule has 0 amide bonds. The number of rotatable bonds is 6. The van der Waals surface area contributed by atoms with Crippen LogP contribution in [0.25, 0.3) is 10.9 Å². The highest BCUT2D eigenvalue weighted by Crippen LogP contribution is 2.45. The highest BCUT2D eigenvalue weighted by molar-refractivity contribution is 8.38. The summed E-state index contributed by atoms with van der Waals surface area (Å²) >= 11 is 2.95. The second-order valence-corrected chi connectivity index (χ2v) is 10.7. The molecule has 1 fully saturated rings. The second kappa shape index (κ2) is 11.8. The highest BCUT2D eigenvalue weighted by atomic mass is 32.2. The van der Waals surface area contributed by atoms with E-state index in [9.17, 15) is 19.2 Å². The lowest BCUT2D eigenvalue weighted by atomic mass is 9.97. The highest BCUT2D eigenvalue weighted by Gasteiger charge is 2.53. The van der Waals surface area contributed by atoms with Gasteiger partial charge in [-0.25, -0.2) is 0 Å². The van der Waals surface area contributed by atoms with Crippen LogP contribution in [0.5, 0.6) is 0 Å². The quantitative estimate of drug-likeness (QED) is 0.378. The molecule has 2 aliphatic rings. The number of hydrogen-bond donors (Lipinski definition) is 0. The van der Waals surface area contributed by atoms with Gasteiger partial charge in [-0.05, 0) is 24.1 Å². The smallest absolute Gasteiger partial charge is 0.303 e. The summed E-state index contributed by atoms with van der Waals surface area (Å²) in [7, 11) is 0. The predicted molar refractivity (Wildman–Crippen MR) is 140 cm³/mol. The van der Waals surface area contributed by atoms with Gasteiger partial charge in [0.15, 0.2) is 24.5 Å². The zero-order chi connectivity index (χ0) is 27.6. The molecule has 3 heterocycles. The lowest BCUT2D eigenvalue weighted by Crippen LogP contribution is -2.60. The largest absolute Gasteiger partial charge is 0.463 e. The second-order valence-electron chi connectivity index (χ2n) is 8.65. The minimum absolute atomic E-state index is 0.291. The van der Waals surface area contributed by atoms with Gasteiger partial charge < -0.3 is 28.3 Å². The van der Waals surface area contributed by atoms with Gasteiger partial charge in [-0.2, -0.15) is 0 Å². The first-order valence-corrected chi connectivity index (χ1v) is 13.8. The normalized spacial score (nSPS) is 24.7. The van der Waals surface area contributed by atoms with E-state index in [1.807, 2.05) is 35.1 Å². The first-order chi connectivity index (χ1) is 18.1. The van der Waals surface area contributed by atoms with E-state index in [1.54, 1.807) is 0 Å². The molecule has 1 aromatic heterocycles. The van der Waals surface area contributed by atoms with Gasteiger partial charge in [-0.3, -0.25) is 24.2 Å². The SMILES string of the molecule is CSC1=NCc2c(n([C@@H]3O[C@H](COC(C)=O)[C@@H](OC(C)=O)[C@H](OC(C)=O)[C@H]3OC(C)=O)c3ccccc23)S1. The summed E-state index contributed by atoms with van der Waals surface area (Å²) in [6, 6.07) is 7.66. The number of carbonyl (C=O) groups is 4. The lowest BCUT2D eigenvalue weighted by molar-refractivity contribution is -0.268. The molecular formula is C25H28N2O9S2. The Labute approximate surface area is 227 Å². The van der Waals surface area contributed by atoms with E-state index in [-0.39, 0.29) is 6.61 Å². The summed E-state index contributed by atoms with van der Waals surface area (Å²) in [4.78, 5) is 52.9. The molecule has 1 aromatic carbocycles. The standard InChI is InChI=1S/C25H28N2O9S2/c1-12(28)32-11-19-20(33-13(2)29)21(34-14(3)30)22(35-15(4)31)23(36-19)27-18-9-7-6-8-16(18)17-10-26-25(37-5)38-24(17)27/h6-9,19-23H,10-11H2,1-5H3/t19-,20-,21+,22-,23-/m1/s1. The number of ether oxygens (including phenoxy) is 5. The maximum atomic E-state index is 12.3. The van der Waals surface area contributed by atoms with Crippen molar-refractivity contribution >= 4 is 62.7 Å². The summed E-state index contributed by atoms with van der Waals surface area (Å²) in [5, 5.41) is 1.76. The third kappa shape index (κ3) is 5.84.